The third-order valence-electron chi connectivity index (χ3n) is 13.8. The van der Waals surface area contributed by atoms with Crippen LogP contribution in [0.15, 0.2) is 219 Å². The van der Waals surface area contributed by atoms with Crippen LogP contribution in [-0.4, -0.2) is 36.4 Å². The van der Waals surface area contributed by atoms with E-state index in [4.69, 9.17) is 9.47 Å². The number of aliphatic hydroxyl groups excluding tert-OH is 1. The summed E-state index contributed by atoms with van der Waals surface area (Å²) in [6, 6.07) is 0. The maximum absolute atomic E-state index is 12.4. The van der Waals surface area contributed by atoms with Crippen molar-refractivity contribution in [2.24, 2.45) is 0 Å². The Morgan fingerprint density at radius 1 is 0.267 bits per heavy atom. The van der Waals surface area contributed by atoms with Gasteiger partial charge < -0.3 is 14.6 Å². The fourth-order valence-corrected chi connectivity index (χ4v) is 8.72. The topological polar surface area (TPSA) is 72.8 Å². The molecule has 0 saturated heterocycles. The van der Waals surface area contributed by atoms with Gasteiger partial charge in [-0.05, 0) is 154 Å². The Bertz CT molecular complexity index is 2060. The zero-order valence-electron chi connectivity index (χ0n) is 54.7. The predicted octanol–water partition coefficient (Wildman–Crippen LogP) is 24.3. The van der Waals surface area contributed by atoms with Crippen LogP contribution in [-0.2, 0) is 19.1 Å². The van der Waals surface area contributed by atoms with Gasteiger partial charge in [-0.1, -0.05) is 310 Å². The largest absolute Gasteiger partial charge is 0.462 e. The van der Waals surface area contributed by atoms with E-state index in [0.29, 0.717) is 12.8 Å². The Labute approximate surface area is 529 Å². The zero-order chi connectivity index (χ0) is 61.9. The second kappa shape index (κ2) is 73.5. The number of carbonyl (C=O) groups excluding carboxylic acids is 2. The van der Waals surface area contributed by atoms with E-state index in [1.165, 1.54) is 64.2 Å². The van der Waals surface area contributed by atoms with Crippen molar-refractivity contribution in [3.63, 3.8) is 0 Å². The lowest BCUT2D eigenvalue weighted by atomic mass is 10.1. The lowest BCUT2D eigenvalue weighted by Gasteiger charge is -2.15. The van der Waals surface area contributed by atoms with Crippen LogP contribution in [0, 0.1) is 0 Å². The Hall–Kier alpha value is -5.78. The molecule has 0 bridgehead atoms. The highest BCUT2D eigenvalue weighted by molar-refractivity contribution is 5.70. The van der Waals surface area contributed by atoms with Gasteiger partial charge in [0.05, 0.1) is 6.61 Å². The molecular formula is C81H124O5. The van der Waals surface area contributed by atoms with Crippen LogP contribution in [0.2, 0.25) is 0 Å². The summed E-state index contributed by atoms with van der Waals surface area (Å²) in [6.45, 7) is 3.89. The fraction of sp³-hybridized carbons (Fsp3) is 0.531. The summed E-state index contributed by atoms with van der Waals surface area (Å²) in [4.78, 5) is 24.6. The van der Waals surface area contributed by atoms with Gasteiger partial charge in [0.2, 0.25) is 0 Å². The normalized spacial score (nSPS) is 13.7. The smallest absolute Gasteiger partial charge is 0.306 e. The molecule has 1 atom stereocenters. The van der Waals surface area contributed by atoms with Crippen molar-refractivity contribution >= 4 is 11.9 Å². The van der Waals surface area contributed by atoms with Gasteiger partial charge in [-0.15, -0.1) is 0 Å². The second-order valence-electron chi connectivity index (χ2n) is 21.8. The third-order valence-corrected chi connectivity index (χ3v) is 13.8. The van der Waals surface area contributed by atoms with E-state index in [0.717, 1.165) is 167 Å². The maximum Gasteiger partial charge on any atom is 0.306 e. The average molecular weight is 1180 g/mol. The van der Waals surface area contributed by atoms with Crippen molar-refractivity contribution < 1.29 is 24.2 Å². The number of unbranched alkanes of at least 4 members (excludes halogenated alkanes) is 16. The first-order chi connectivity index (χ1) is 42.6. The van der Waals surface area contributed by atoms with Gasteiger partial charge in [0.1, 0.15) is 6.61 Å². The molecule has 0 aliphatic carbocycles. The number of aliphatic hydroxyl groups is 1. The average Bonchev–Trinajstić information content (AvgIpc) is 3.54. The summed E-state index contributed by atoms with van der Waals surface area (Å²) < 4.78 is 10.7. The van der Waals surface area contributed by atoms with Gasteiger partial charge in [0.25, 0.3) is 0 Å². The van der Waals surface area contributed by atoms with E-state index in [1.807, 2.05) is 0 Å². The van der Waals surface area contributed by atoms with E-state index in [-0.39, 0.29) is 25.2 Å². The summed E-state index contributed by atoms with van der Waals surface area (Å²) in [7, 11) is 0. The fourth-order valence-electron chi connectivity index (χ4n) is 8.72. The molecule has 5 heteroatoms. The molecule has 0 amide bonds. The van der Waals surface area contributed by atoms with Gasteiger partial charge in [0.15, 0.2) is 6.10 Å². The van der Waals surface area contributed by atoms with E-state index >= 15 is 0 Å². The predicted molar refractivity (Wildman–Crippen MR) is 379 cm³/mol. The molecule has 0 spiro atoms. The highest BCUT2D eigenvalue weighted by atomic mass is 16.6. The number of allylic oxidation sites excluding steroid dienone is 36. The number of hydrogen-bond acceptors (Lipinski definition) is 5. The molecule has 0 aromatic heterocycles. The van der Waals surface area contributed by atoms with Crippen LogP contribution >= 0.6 is 0 Å². The van der Waals surface area contributed by atoms with Crippen LogP contribution in [0.4, 0.5) is 0 Å². The highest BCUT2D eigenvalue weighted by Gasteiger charge is 2.16. The first-order valence-electron chi connectivity index (χ1n) is 34.3. The van der Waals surface area contributed by atoms with Crippen LogP contribution in [0.5, 0.6) is 0 Å². The summed E-state index contributed by atoms with van der Waals surface area (Å²) >= 11 is 0. The Morgan fingerprint density at radius 2 is 0.465 bits per heavy atom. The summed E-state index contributed by atoms with van der Waals surface area (Å²) in [6.07, 6.45) is 119. The molecule has 86 heavy (non-hydrogen) atoms. The zero-order valence-corrected chi connectivity index (χ0v) is 54.7. The molecule has 0 heterocycles. The van der Waals surface area contributed by atoms with Crippen molar-refractivity contribution in [2.75, 3.05) is 13.2 Å². The molecule has 478 valence electrons. The van der Waals surface area contributed by atoms with Gasteiger partial charge in [0, 0.05) is 12.8 Å². The molecular weight excluding hydrogens is 1050 g/mol. The molecule has 0 aliphatic rings. The molecule has 0 saturated carbocycles. The third kappa shape index (κ3) is 70.7. The summed E-state index contributed by atoms with van der Waals surface area (Å²) in [5.41, 5.74) is 0. The Balaban J connectivity index is 3.64. The molecule has 0 radical (unpaired) electrons. The number of carbonyl (C=O) groups is 2. The van der Waals surface area contributed by atoms with Gasteiger partial charge >= 0.3 is 11.9 Å². The van der Waals surface area contributed by atoms with E-state index in [1.54, 1.807) is 0 Å². The summed E-state index contributed by atoms with van der Waals surface area (Å²) in [5, 5.41) is 9.70. The monoisotopic (exact) mass is 1180 g/mol. The van der Waals surface area contributed by atoms with Gasteiger partial charge in [-0.3, -0.25) is 9.59 Å². The Kier molecular flexibility index (Phi) is 68.5. The van der Waals surface area contributed by atoms with Gasteiger partial charge in [-0.25, -0.2) is 0 Å². The van der Waals surface area contributed by atoms with E-state index in [9.17, 15) is 14.7 Å². The van der Waals surface area contributed by atoms with Crippen molar-refractivity contribution in [3.8, 4) is 0 Å². The first kappa shape index (κ1) is 80.2. The standard InChI is InChI=1S/C81H124O5/c1-3-5-7-9-11-13-15-17-19-21-23-25-27-29-31-33-35-36-37-38-39-40-41-42-43-44-46-48-50-52-54-56-58-60-62-64-66-68-70-72-74-76-81(84)86-79(77-82)78-85-80(83)75-73-71-69-67-65-63-61-59-57-55-53-51-49-47-45-34-32-30-28-26-24-22-20-18-16-14-12-10-8-6-4-2/h5-8,11-14,17-20,23-26,29-32,35-36,38-39,41-42,44-47,50-53,56,58,79,82H,3-4,9-10,15-16,21-22,27-28,33-34,37,40,43,48-49,54-55,57,59-78H2,1-2H3/b7-5-,8-6-,13-11-,14-12-,19-17-,20-18-,25-23-,26-24-,31-29-,32-30-,36-35-,39-38-,42-41-,46-44-,47-45-,52-50-,53-51-,58-56-. The molecule has 0 aromatic rings. The summed E-state index contributed by atoms with van der Waals surface area (Å²) in [5.74, 6) is -0.624. The molecule has 0 aliphatic heterocycles. The van der Waals surface area contributed by atoms with Crippen molar-refractivity contribution in [2.45, 2.75) is 264 Å². The molecule has 1 N–H and O–H groups in total. The minimum atomic E-state index is -0.800. The van der Waals surface area contributed by atoms with Crippen LogP contribution in [0.3, 0.4) is 0 Å². The lowest BCUT2D eigenvalue weighted by Crippen LogP contribution is -2.28. The maximum atomic E-state index is 12.4. The van der Waals surface area contributed by atoms with Crippen LogP contribution in [0.25, 0.3) is 0 Å². The quantitative estimate of drug-likeness (QED) is 0.0373. The number of hydrogen-bond donors (Lipinski definition) is 1. The van der Waals surface area contributed by atoms with Crippen molar-refractivity contribution in [3.05, 3.63) is 219 Å². The molecule has 0 rings (SSSR count). The Morgan fingerprint density at radius 3 is 0.698 bits per heavy atom. The first-order valence-corrected chi connectivity index (χ1v) is 34.3. The van der Waals surface area contributed by atoms with E-state index in [2.05, 4.69) is 233 Å². The van der Waals surface area contributed by atoms with Crippen LogP contribution < -0.4 is 0 Å². The minimum absolute atomic E-state index is 0.0877. The number of rotatable bonds is 60. The lowest BCUT2D eigenvalue weighted by molar-refractivity contribution is -0.161. The van der Waals surface area contributed by atoms with Crippen molar-refractivity contribution in [1.29, 1.82) is 0 Å². The van der Waals surface area contributed by atoms with Crippen LogP contribution in [0.1, 0.15) is 258 Å². The van der Waals surface area contributed by atoms with Gasteiger partial charge in [-0.2, -0.15) is 0 Å². The molecule has 1 unspecified atom stereocenters. The molecule has 0 aromatic carbocycles. The van der Waals surface area contributed by atoms with E-state index < -0.39 is 6.10 Å². The number of esters is 2. The molecule has 5 nitrogen and oxygen atoms in total. The van der Waals surface area contributed by atoms with Crippen molar-refractivity contribution in [1.82, 2.24) is 0 Å². The highest BCUT2D eigenvalue weighted by Crippen LogP contribution is 2.14. The molecule has 0 fully saturated rings. The number of ether oxygens (including phenoxy) is 2. The second-order valence-corrected chi connectivity index (χ2v) is 21.8. The minimum Gasteiger partial charge on any atom is -0.462 e. The SMILES string of the molecule is CC/C=C\C/C=C\C/C=C\C/C=C\C/C=C\C/C=C\C/C=C\C/C=C\C/C=C\C/C=C\C/C=C\CCCCCCCCCC(=O)OC(CO)COC(=O)CCCCCCCCCCC/C=C\C/C=C\C/C=C\C/C=C\C/C=C\C/C=C\C/C=C\CC.